The topological polar surface area (TPSA) is 60.2 Å². The fraction of sp³-hybridized carbons (Fsp3) is 0.538. The van der Waals surface area contributed by atoms with Crippen molar-refractivity contribution >= 4 is 11.3 Å². The quantitative estimate of drug-likeness (QED) is 0.882. The first-order valence-electron chi connectivity index (χ1n) is 6.56. The maximum Gasteiger partial charge on any atom is 0.435 e. The molecule has 0 amide bonds. The van der Waals surface area contributed by atoms with Gasteiger partial charge in [-0.1, -0.05) is 0 Å². The van der Waals surface area contributed by atoms with Crippen molar-refractivity contribution in [1.29, 1.82) is 0 Å². The Balaban J connectivity index is 2.21. The Morgan fingerprint density at radius 3 is 2.77 bits per heavy atom. The van der Waals surface area contributed by atoms with E-state index in [0.29, 0.717) is 5.69 Å². The first-order valence-corrected chi connectivity index (χ1v) is 7.44. The van der Waals surface area contributed by atoms with E-state index in [1.165, 1.54) is 22.2 Å². The molecule has 0 bridgehead atoms. The predicted octanol–water partition coefficient (Wildman–Crippen LogP) is 2.65. The lowest BCUT2D eigenvalue weighted by Gasteiger charge is -2.04. The van der Waals surface area contributed by atoms with Gasteiger partial charge in [0.15, 0.2) is 5.69 Å². The van der Waals surface area contributed by atoms with Crippen LogP contribution in [0.5, 0.6) is 0 Å². The number of aliphatic hydroxyl groups excluding tert-OH is 1. The van der Waals surface area contributed by atoms with Gasteiger partial charge in [-0.2, -0.15) is 18.3 Å². The van der Waals surface area contributed by atoms with Gasteiger partial charge < -0.3 is 9.84 Å². The van der Waals surface area contributed by atoms with Gasteiger partial charge in [0, 0.05) is 30.9 Å². The van der Waals surface area contributed by atoms with Crippen LogP contribution in [0.2, 0.25) is 0 Å². The highest BCUT2D eigenvalue weighted by atomic mass is 32.1. The maximum atomic E-state index is 12.9. The average Bonchev–Trinajstić information content (AvgIpc) is 3.05. The smallest absolute Gasteiger partial charge is 0.396 e. The van der Waals surface area contributed by atoms with E-state index < -0.39 is 11.9 Å². The average molecular weight is 335 g/mol. The molecule has 2 rings (SSSR count). The molecule has 0 radical (unpaired) electrons. The molecule has 0 spiro atoms. The number of hydrogen-bond donors (Lipinski definition) is 1. The third-order valence-electron chi connectivity index (χ3n) is 3.08. The Bertz CT molecular complexity index is 624. The summed E-state index contributed by atoms with van der Waals surface area (Å²) in [4.78, 5) is 4.33. The van der Waals surface area contributed by atoms with E-state index in [9.17, 15) is 13.2 Å². The molecule has 0 aliphatic carbocycles. The van der Waals surface area contributed by atoms with Crippen molar-refractivity contribution in [1.82, 2.24) is 14.8 Å². The summed E-state index contributed by atoms with van der Waals surface area (Å²) in [5.74, 6) is 0. The van der Waals surface area contributed by atoms with E-state index in [1.54, 1.807) is 12.5 Å². The molecule has 1 atom stereocenters. The molecular formula is C13H16F3N3O2S. The van der Waals surface area contributed by atoms with Crippen LogP contribution >= 0.6 is 11.3 Å². The van der Waals surface area contributed by atoms with E-state index in [4.69, 9.17) is 9.84 Å². The van der Waals surface area contributed by atoms with Crippen LogP contribution in [0.3, 0.4) is 0 Å². The molecule has 2 aromatic heterocycles. The largest absolute Gasteiger partial charge is 0.435 e. The highest BCUT2D eigenvalue weighted by molar-refractivity contribution is 7.09. The number of aliphatic hydroxyl groups is 1. The number of halogens is 3. The minimum absolute atomic E-state index is 0.0179. The standard InChI is InChI=1S/C13H16F3N3O2S/c1-8(21-2)12-17-10(7-22-12)6-19-5-9(3-4-20)11(18-19)13(14,15)16/h5,7-8,20H,3-4,6H2,1-2H3. The summed E-state index contributed by atoms with van der Waals surface area (Å²) in [6, 6.07) is 0. The number of ether oxygens (including phenoxy) is 1. The maximum absolute atomic E-state index is 12.9. The predicted molar refractivity (Wildman–Crippen MR) is 74.7 cm³/mol. The molecule has 1 unspecified atom stereocenters. The lowest BCUT2D eigenvalue weighted by atomic mass is 10.2. The van der Waals surface area contributed by atoms with Crippen molar-refractivity contribution in [3.63, 3.8) is 0 Å². The third-order valence-corrected chi connectivity index (χ3v) is 4.14. The van der Waals surface area contributed by atoms with Gasteiger partial charge in [-0.3, -0.25) is 4.68 Å². The van der Waals surface area contributed by atoms with Gasteiger partial charge in [0.2, 0.25) is 0 Å². The van der Waals surface area contributed by atoms with Gasteiger partial charge in [-0.05, 0) is 13.3 Å². The van der Waals surface area contributed by atoms with E-state index in [-0.39, 0.29) is 31.2 Å². The first-order chi connectivity index (χ1) is 10.3. The van der Waals surface area contributed by atoms with E-state index in [2.05, 4.69) is 10.1 Å². The van der Waals surface area contributed by atoms with Gasteiger partial charge >= 0.3 is 6.18 Å². The van der Waals surface area contributed by atoms with Gasteiger partial charge in [-0.15, -0.1) is 11.3 Å². The summed E-state index contributed by atoms with van der Waals surface area (Å²) in [6.45, 7) is 1.63. The van der Waals surface area contributed by atoms with Gasteiger partial charge in [0.05, 0.1) is 12.2 Å². The Kier molecular flexibility index (Phi) is 5.20. The van der Waals surface area contributed by atoms with Crippen LogP contribution in [0.4, 0.5) is 13.2 Å². The normalized spacial score (nSPS) is 13.5. The van der Waals surface area contributed by atoms with Gasteiger partial charge in [-0.25, -0.2) is 4.98 Å². The molecule has 0 saturated heterocycles. The molecule has 22 heavy (non-hydrogen) atoms. The minimum Gasteiger partial charge on any atom is -0.396 e. The summed E-state index contributed by atoms with van der Waals surface area (Å²) in [5, 5.41) is 15.0. The molecule has 122 valence electrons. The second kappa shape index (κ2) is 6.76. The highest BCUT2D eigenvalue weighted by Crippen LogP contribution is 2.31. The number of thiazole rings is 1. The van der Waals surface area contributed by atoms with Crippen molar-refractivity contribution in [2.45, 2.75) is 32.2 Å². The number of hydrogen-bond acceptors (Lipinski definition) is 5. The van der Waals surface area contributed by atoms with Crippen LogP contribution in [-0.2, 0) is 23.9 Å². The van der Waals surface area contributed by atoms with Crippen LogP contribution in [0, 0.1) is 0 Å². The number of rotatable bonds is 6. The summed E-state index contributed by atoms with van der Waals surface area (Å²) < 4.78 is 45.0. The highest BCUT2D eigenvalue weighted by Gasteiger charge is 2.36. The number of alkyl halides is 3. The molecule has 0 aromatic carbocycles. The second-order valence-corrected chi connectivity index (χ2v) is 5.62. The SMILES string of the molecule is COC(C)c1nc(Cn2cc(CCO)c(C(F)(F)F)n2)cs1. The molecule has 5 nitrogen and oxygen atoms in total. The van der Waals surface area contributed by atoms with Crippen LogP contribution in [-0.4, -0.2) is 33.6 Å². The molecule has 0 aliphatic rings. The molecule has 0 saturated carbocycles. The zero-order chi connectivity index (χ0) is 16.3. The minimum atomic E-state index is -4.53. The third kappa shape index (κ3) is 3.84. The van der Waals surface area contributed by atoms with E-state index >= 15 is 0 Å². The Hall–Kier alpha value is -1.45. The van der Waals surface area contributed by atoms with Crippen molar-refractivity contribution in [2.75, 3.05) is 13.7 Å². The summed E-state index contributed by atoms with van der Waals surface area (Å²) in [6.07, 6.45) is -3.48. The van der Waals surface area contributed by atoms with Crippen LogP contribution in [0.1, 0.15) is 35.0 Å². The first kappa shape index (κ1) is 16.9. The fourth-order valence-electron chi connectivity index (χ4n) is 1.93. The fourth-order valence-corrected chi connectivity index (χ4v) is 2.78. The lowest BCUT2D eigenvalue weighted by Crippen LogP contribution is -2.11. The number of aromatic nitrogens is 3. The Morgan fingerprint density at radius 1 is 1.45 bits per heavy atom. The van der Waals surface area contributed by atoms with Crippen LogP contribution in [0.15, 0.2) is 11.6 Å². The zero-order valence-corrected chi connectivity index (χ0v) is 12.9. The van der Waals surface area contributed by atoms with Gasteiger partial charge in [0.25, 0.3) is 0 Å². The molecule has 2 aromatic rings. The second-order valence-electron chi connectivity index (χ2n) is 4.73. The lowest BCUT2D eigenvalue weighted by molar-refractivity contribution is -0.142. The summed E-state index contributed by atoms with van der Waals surface area (Å²) in [5.41, 5.74) is -0.353. The monoisotopic (exact) mass is 335 g/mol. The Labute approximate surface area is 129 Å². The molecule has 0 aliphatic heterocycles. The van der Waals surface area contributed by atoms with Gasteiger partial charge in [0.1, 0.15) is 11.1 Å². The van der Waals surface area contributed by atoms with E-state index in [0.717, 1.165) is 5.01 Å². The number of nitrogens with zero attached hydrogens (tertiary/aromatic N) is 3. The molecule has 9 heteroatoms. The molecule has 1 N–H and O–H groups in total. The van der Waals surface area contributed by atoms with Crippen molar-refractivity contribution in [3.8, 4) is 0 Å². The molecule has 2 heterocycles. The zero-order valence-electron chi connectivity index (χ0n) is 12.1. The van der Waals surface area contributed by atoms with Crippen LogP contribution < -0.4 is 0 Å². The van der Waals surface area contributed by atoms with Crippen molar-refractivity contribution in [2.24, 2.45) is 0 Å². The Morgan fingerprint density at radius 2 is 2.18 bits per heavy atom. The van der Waals surface area contributed by atoms with Crippen molar-refractivity contribution in [3.05, 3.63) is 33.5 Å². The van der Waals surface area contributed by atoms with E-state index in [1.807, 2.05) is 6.92 Å². The summed E-state index contributed by atoms with van der Waals surface area (Å²) >= 11 is 1.39. The number of methoxy groups -OCH3 is 1. The van der Waals surface area contributed by atoms with Crippen LogP contribution in [0.25, 0.3) is 0 Å². The molecular weight excluding hydrogens is 319 g/mol. The molecule has 0 fully saturated rings. The summed E-state index contributed by atoms with van der Waals surface area (Å²) in [7, 11) is 1.57. The van der Waals surface area contributed by atoms with Crippen molar-refractivity contribution < 1.29 is 23.0 Å².